The molecule has 0 N–H and O–H groups in total. The normalized spacial score (nSPS) is 10.9. The molecule has 0 aliphatic heterocycles. The Balaban J connectivity index is 1.73. The predicted molar refractivity (Wildman–Crippen MR) is 146 cm³/mol. The van der Waals surface area contributed by atoms with E-state index in [2.05, 4.69) is 18.0 Å². The minimum atomic E-state index is -0.0615. The van der Waals surface area contributed by atoms with Gasteiger partial charge in [-0.2, -0.15) is 5.26 Å². The summed E-state index contributed by atoms with van der Waals surface area (Å²) in [7, 11) is 0. The zero-order valence-corrected chi connectivity index (χ0v) is 21.9. The van der Waals surface area contributed by atoms with Crippen LogP contribution in [0.3, 0.4) is 0 Å². The van der Waals surface area contributed by atoms with E-state index in [9.17, 15) is 10.1 Å². The number of pyridine rings is 1. The maximum Gasteiger partial charge on any atom is 0.261 e. The molecule has 0 fully saturated rings. The number of aryl methyl sites for hydroxylation is 2. The minimum Gasteiger partial charge on any atom is -0.475 e. The van der Waals surface area contributed by atoms with Crippen molar-refractivity contribution in [1.29, 1.82) is 5.26 Å². The number of nitrogens with zero attached hydrogens (tertiary/aromatic N) is 4. The molecule has 2 heterocycles. The molecule has 6 nitrogen and oxygen atoms in total. The fraction of sp³-hybridized carbons (Fsp3) is 0.290. The highest BCUT2D eigenvalue weighted by Crippen LogP contribution is 2.24. The summed E-state index contributed by atoms with van der Waals surface area (Å²) in [4.78, 5) is 23.3. The molecular formula is C31H32N4O2. The summed E-state index contributed by atoms with van der Waals surface area (Å²) in [6.45, 7) is 8.01. The Labute approximate surface area is 218 Å². The van der Waals surface area contributed by atoms with Crippen molar-refractivity contribution in [2.75, 3.05) is 0 Å². The molecule has 0 radical (unpaired) electrons. The fourth-order valence-corrected chi connectivity index (χ4v) is 4.43. The summed E-state index contributed by atoms with van der Waals surface area (Å²) in [6, 6.07) is 21.5. The Morgan fingerprint density at radius 3 is 2.41 bits per heavy atom. The smallest absolute Gasteiger partial charge is 0.261 e. The van der Waals surface area contributed by atoms with Gasteiger partial charge in [-0.1, -0.05) is 62.7 Å². The van der Waals surface area contributed by atoms with Gasteiger partial charge in [0.25, 0.3) is 5.56 Å². The third-order valence-corrected chi connectivity index (χ3v) is 6.16. The maximum absolute atomic E-state index is 13.9. The largest absolute Gasteiger partial charge is 0.475 e. The monoisotopic (exact) mass is 492 g/mol. The summed E-state index contributed by atoms with van der Waals surface area (Å²) in [5.41, 5.74) is 5.70. The number of benzene rings is 2. The Hall–Kier alpha value is -4.24. The van der Waals surface area contributed by atoms with E-state index in [1.54, 1.807) is 16.8 Å². The van der Waals surface area contributed by atoms with Crippen LogP contribution in [0.4, 0.5) is 0 Å². The molecule has 37 heavy (non-hydrogen) atoms. The highest BCUT2D eigenvalue weighted by Gasteiger charge is 2.18. The lowest BCUT2D eigenvalue weighted by atomic mass is 9.97. The number of rotatable bonds is 9. The molecule has 0 amide bonds. The first-order chi connectivity index (χ1) is 17.9. The summed E-state index contributed by atoms with van der Waals surface area (Å²) < 4.78 is 7.35. The third-order valence-electron chi connectivity index (χ3n) is 6.16. The van der Waals surface area contributed by atoms with Crippen molar-refractivity contribution in [1.82, 2.24) is 14.5 Å². The van der Waals surface area contributed by atoms with Gasteiger partial charge in [0.05, 0.1) is 35.3 Å². The van der Waals surface area contributed by atoms with Crippen molar-refractivity contribution in [3.8, 4) is 28.8 Å². The number of hydrogen-bond donors (Lipinski definition) is 0. The van der Waals surface area contributed by atoms with Crippen LogP contribution in [0, 0.1) is 11.3 Å². The molecule has 2 aromatic carbocycles. The molecule has 0 saturated heterocycles. The lowest BCUT2D eigenvalue weighted by molar-refractivity contribution is 0.232. The zero-order valence-electron chi connectivity index (χ0n) is 21.9. The van der Waals surface area contributed by atoms with Gasteiger partial charge in [0.15, 0.2) is 0 Å². The lowest BCUT2D eigenvalue weighted by Gasteiger charge is -2.17. The second kappa shape index (κ2) is 11.7. The van der Waals surface area contributed by atoms with E-state index >= 15 is 0 Å². The Bertz CT molecular complexity index is 1460. The van der Waals surface area contributed by atoms with Crippen molar-refractivity contribution >= 4 is 0 Å². The highest BCUT2D eigenvalue weighted by atomic mass is 16.5. The van der Waals surface area contributed by atoms with E-state index < -0.39 is 0 Å². The Kier molecular flexibility index (Phi) is 8.15. The van der Waals surface area contributed by atoms with Gasteiger partial charge >= 0.3 is 0 Å². The van der Waals surface area contributed by atoms with Crippen LogP contribution < -0.4 is 10.3 Å². The maximum atomic E-state index is 13.9. The molecular weight excluding hydrogens is 460 g/mol. The van der Waals surface area contributed by atoms with Gasteiger partial charge < -0.3 is 4.74 Å². The van der Waals surface area contributed by atoms with Gasteiger partial charge in [0.1, 0.15) is 5.82 Å². The van der Waals surface area contributed by atoms with Crippen LogP contribution in [0.25, 0.3) is 16.8 Å². The predicted octanol–water partition coefficient (Wildman–Crippen LogP) is 6.06. The van der Waals surface area contributed by atoms with E-state index in [1.807, 2.05) is 75.4 Å². The van der Waals surface area contributed by atoms with Crippen LogP contribution >= 0.6 is 0 Å². The standard InChI is InChI=1S/C31H32N4O2/c1-5-9-28-27(18-22-12-14-23(15-13-22)26-11-8-7-10-24(26)19-32)31(36)35(29(6-2)34-28)25-16-17-30(33-20-25)37-21(3)4/h7-8,10-17,20-21H,5-6,9,18H2,1-4H3. The third kappa shape index (κ3) is 5.78. The summed E-state index contributed by atoms with van der Waals surface area (Å²) in [5, 5.41) is 9.45. The van der Waals surface area contributed by atoms with E-state index in [4.69, 9.17) is 9.72 Å². The Morgan fingerprint density at radius 2 is 1.78 bits per heavy atom. The Morgan fingerprint density at radius 1 is 1.03 bits per heavy atom. The number of aromatic nitrogens is 3. The summed E-state index contributed by atoms with van der Waals surface area (Å²) >= 11 is 0. The van der Waals surface area contributed by atoms with Gasteiger partial charge in [0, 0.05) is 24.5 Å². The molecule has 0 bridgehead atoms. The summed E-state index contributed by atoms with van der Waals surface area (Å²) in [5.74, 6) is 1.25. The topological polar surface area (TPSA) is 80.8 Å². The van der Waals surface area contributed by atoms with Crippen molar-refractivity contribution < 1.29 is 4.74 Å². The van der Waals surface area contributed by atoms with Crippen LogP contribution in [0.5, 0.6) is 5.88 Å². The molecule has 0 saturated carbocycles. The number of ether oxygens (including phenoxy) is 1. The van der Waals surface area contributed by atoms with Gasteiger partial charge in [0.2, 0.25) is 5.88 Å². The molecule has 2 aromatic heterocycles. The first kappa shape index (κ1) is 25.8. The second-order valence-corrected chi connectivity index (χ2v) is 9.25. The molecule has 0 atom stereocenters. The van der Waals surface area contributed by atoms with E-state index in [-0.39, 0.29) is 11.7 Å². The van der Waals surface area contributed by atoms with Crippen LogP contribution in [0.2, 0.25) is 0 Å². The quantitative estimate of drug-likeness (QED) is 0.284. The second-order valence-electron chi connectivity index (χ2n) is 9.25. The first-order valence-electron chi connectivity index (χ1n) is 12.8. The zero-order chi connectivity index (χ0) is 26.4. The molecule has 6 heteroatoms. The van der Waals surface area contributed by atoms with Crippen molar-refractivity contribution in [2.45, 2.75) is 59.5 Å². The lowest BCUT2D eigenvalue weighted by Crippen LogP contribution is -2.29. The average molecular weight is 493 g/mol. The van der Waals surface area contributed by atoms with Crippen LogP contribution in [-0.4, -0.2) is 20.6 Å². The first-order valence-corrected chi connectivity index (χ1v) is 12.8. The number of hydrogen-bond acceptors (Lipinski definition) is 5. The van der Waals surface area contributed by atoms with E-state index in [0.29, 0.717) is 35.5 Å². The van der Waals surface area contributed by atoms with Crippen molar-refractivity contribution in [3.05, 3.63) is 105 Å². The highest BCUT2D eigenvalue weighted by molar-refractivity contribution is 5.70. The van der Waals surface area contributed by atoms with Gasteiger partial charge in [-0.3, -0.25) is 9.36 Å². The molecule has 4 aromatic rings. The van der Waals surface area contributed by atoms with Crippen LogP contribution in [0.15, 0.2) is 71.7 Å². The SMILES string of the molecule is CCCc1nc(CC)n(-c2ccc(OC(C)C)nc2)c(=O)c1Cc1ccc(-c2ccccc2C#N)cc1. The molecule has 0 aliphatic carbocycles. The van der Waals surface area contributed by atoms with E-state index in [1.165, 1.54) is 0 Å². The van der Waals surface area contributed by atoms with Crippen molar-refractivity contribution in [3.63, 3.8) is 0 Å². The number of nitriles is 1. The fourth-order valence-electron chi connectivity index (χ4n) is 4.43. The van der Waals surface area contributed by atoms with Crippen LogP contribution in [0.1, 0.15) is 62.3 Å². The van der Waals surface area contributed by atoms with E-state index in [0.717, 1.165) is 41.1 Å². The van der Waals surface area contributed by atoms with Gasteiger partial charge in [-0.25, -0.2) is 9.97 Å². The summed E-state index contributed by atoms with van der Waals surface area (Å²) in [6.07, 6.45) is 4.44. The van der Waals surface area contributed by atoms with Crippen molar-refractivity contribution in [2.24, 2.45) is 0 Å². The molecule has 0 unspecified atom stereocenters. The van der Waals surface area contributed by atoms with Crippen LogP contribution in [-0.2, 0) is 19.3 Å². The molecule has 188 valence electrons. The molecule has 4 rings (SSSR count). The van der Waals surface area contributed by atoms with Gasteiger partial charge in [-0.05, 0) is 49.1 Å². The van der Waals surface area contributed by atoms with Gasteiger partial charge in [-0.15, -0.1) is 0 Å². The molecule has 0 aliphatic rings. The average Bonchev–Trinajstić information content (AvgIpc) is 2.91. The molecule has 0 spiro atoms. The minimum absolute atomic E-state index is 0.0219.